The number of hydrogen-bond donors (Lipinski definition) is 2. The second kappa shape index (κ2) is 8.43. The summed E-state index contributed by atoms with van der Waals surface area (Å²) in [5, 5.41) is 5.12. The predicted molar refractivity (Wildman–Crippen MR) is 96.5 cm³/mol. The van der Waals surface area contributed by atoms with Crippen molar-refractivity contribution < 1.29 is 18.8 Å². The molecule has 0 radical (unpaired) electrons. The molecule has 0 aliphatic heterocycles. The lowest BCUT2D eigenvalue weighted by atomic mass is 10.1. The number of nitrogens with one attached hydrogen (secondary N) is 2. The van der Waals surface area contributed by atoms with Gasteiger partial charge in [-0.15, -0.1) is 11.8 Å². The minimum Gasteiger partial charge on any atom is -0.326 e. The third-order valence-electron chi connectivity index (χ3n) is 3.13. The maximum atomic E-state index is 14.0. The molecule has 7 heteroatoms. The van der Waals surface area contributed by atoms with E-state index in [1.807, 2.05) is 0 Å². The topological polar surface area (TPSA) is 75.3 Å². The zero-order valence-electron chi connectivity index (χ0n) is 13.8. The first-order valence-electron chi connectivity index (χ1n) is 7.46. The lowest BCUT2D eigenvalue weighted by molar-refractivity contribution is -0.115. The summed E-state index contributed by atoms with van der Waals surface area (Å²) in [6.07, 6.45) is 0. The summed E-state index contributed by atoms with van der Waals surface area (Å²) < 4.78 is 14.0. The molecule has 25 heavy (non-hydrogen) atoms. The van der Waals surface area contributed by atoms with Gasteiger partial charge in [0.1, 0.15) is 5.82 Å². The maximum absolute atomic E-state index is 14.0. The van der Waals surface area contributed by atoms with Gasteiger partial charge < -0.3 is 10.6 Å². The summed E-state index contributed by atoms with van der Waals surface area (Å²) in [6, 6.07) is 11.0. The molecule has 5 nitrogen and oxygen atoms in total. The second-order valence-corrected chi connectivity index (χ2v) is 6.34. The first-order valence-corrected chi connectivity index (χ1v) is 8.44. The summed E-state index contributed by atoms with van der Waals surface area (Å²) in [4.78, 5) is 34.9. The smallest absolute Gasteiger partial charge is 0.221 e. The molecule has 0 aromatic heterocycles. The highest BCUT2D eigenvalue weighted by atomic mass is 32.2. The van der Waals surface area contributed by atoms with Crippen molar-refractivity contribution in [2.75, 3.05) is 16.4 Å². The molecule has 2 amide bonds. The third-order valence-corrected chi connectivity index (χ3v) is 4.15. The van der Waals surface area contributed by atoms with Crippen LogP contribution in [0.25, 0.3) is 0 Å². The van der Waals surface area contributed by atoms with Crippen LogP contribution in [-0.2, 0) is 9.59 Å². The van der Waals surface area contributed by atoms with Gasteiger partial charge in [0.15, 0.2) is 5.78 Å². The van der Waals surface area contributed by atoms with Gasteiger partial charge in [-0.25, -0.2) is 4.39 Å². The van der Waals surface area contributed by atoms with E-state index >= 15 is 0 Å². The molecule has 0 spiro atoms. The normalized spacial score (nSPS) is 10.2. The fraction of sp³-hybridized carbons (Fsp3) is 0.167. The fourth-order valence-corrected chi connectivity index (χ4v) is 2.87. The summed E-state index contributed by atoms with van der Waals surface area (Å²) in [6.45, 7) is 2.75. The molecule has 0 atom stereocenters. The average molecular weight is 360 g/mol. The number of Topliss-reactive ketones (excluding diaryl/α,β-unsaturated/α-hetero) is 1. The van der Waals surface area contributed by atoms with Gasteiger partial charge >= 0.3 is 0 Å². The van der Waals surface area contributed by atoms with E-state index in [4.69, 9.17) is 0 Å². The number of amides is 2. The van der Waals surface area contributed by atoms with Crippen molar-refractivity contribution in [1.29, 1.82) is 0 Å². The van der Waals surface area contributed by atoms with Crippen molar-refractivity contribution in [3.63, 3.8) is 0 Å². The summed E-state index contributed by atoms with van der Waals surface area (Å²) >= 11 is 1.28. The highest BCUT2D eigenvalue weighted by Crippen LogP contribution is 2.23. The molecular formula is C18H17FN2O3S. The average Bonchev–Trinajstić information content (AvgIpc) is 2.53. The molecule has 0 aliphatic rings. The van der Waals surface area contributed by atoms with Gasteiger partial charge in [-0.3, -0.25) is 14.4 Å². The molecule has 2 N–H and O–H groups in total. The highest BCUT2D eigenvalue weighted by molar-refractivity contribution is 8.00. The number of halogens is 1. The minimum atomic E-state index is -0.669. The van der Waals surface area contributed by atoms with Crippen molar-refractivity contribution in [2.24, 2.45) is 0 Å². The monoisotopic (exact) mass is 360 g/mol. The Morgan fingerprint density at radius 2 is 1.48 bits per heavy atom. The number of hydrogen-bond acceptors (Lipinski definition) is 4. The van der Waals surface area contributed by atoms with Gasteiger partial charge in [-0.2, -0.15) is 0 Å². The minimum absolute atomic E-state index is 0.0172. The first-order chi connectivity index (χ1) is 11.8. The Morgan fingerprint density at radius 1 is 0.920 bits per heavy atom. The molecule has 0 aliphatic carbocycles. The number of ketones is 1. The van der Waals surface area contributed by atoms with Gasteiger partial charge in [0.2, 0.25) is 11.8 Å². The molecule has 0 unspecified atom stereocenters. The van der Waals surface area contributed by atoms with Crippen LogP contribution >= 0.6 is 11.8 Å². The van der Waals surface area contributed by atoms with E-state index < -0.39 is 5.82 Å². The summed E-state index contributed by atoms with van der Waals surface area (Å²) in [7, 11) is 0. The molecular weight excluding hydrogens is 343 g/mol. The van der Waals surface area contributed by atoms with Crippen molar-refractivity contribution in [2.45, 2.75) is 18.7 Å². The van der Waals surface area contributed by atoms with Crippen LogP contribution in [-0.4, -0.2) is 23.4 Å². The molecule has 130 valence electrons. The van der Waals surface area contributed by atoms with Crippen molar-refractivity contribution >= 4 is 40.7 Å². The molecule has 2 aromatic carbocycles. The Kier molecular flexibility index (Phi) is 6.30. The third kappa shape index (κ3) is 5.72. The van der Waals surface area contributed by atoms with Crippen LogP contribution in [0.1, 0.15) is 24.2 Å². The van der Waals surface area contributed by atoms with Crippen LogP contribution < -0.4 is 10.6 Å². The quantitative estimate of drug-likeness (QED) is 0.608. The SMILES string of the molecule is CC(=O)Nc1ccc(SCC(=O)c2ccc(NC(C)=O)cc2F)cc1. The Hall–Kier alpha value is -2.67. The predicted octanol–water partition coefficient (Wildman–Crippen LogP) is 3.72. The molecule has 0 saturated heterocycles. The largest absolute Gasteiger partial charge is 0.326 e. The first kappa shape index (κ1) is 18.7. The van der Waals surface area contributed by atoms with Crippen molar-refractivity contribution in [1.82, 2.24) is 0 Å². The number of carbonyl (C=O) groups is 3. The van der Waals surface area contributed by atoms with E-state index in [9.17, 15) is 18.8 Å². The number of rotatable bonds is 6. The summed E-state index contributed by atoms with van der Waals surface area (Å²) in [5.41, 5.74) is 0.960. The van der Waals surface area contributed by atoms with E-state index in [1.54, 1.807) is 24.3 Å². The number of anilines is 2. The van der Waals surface area contributed by atoms with Gasteiger partial charge in [-0.05, 0) is 42.5 Å². The number of benzene rings is 2. The van der Waals surface area contributed by atoms with Crippen LogP contribution in [0.15, 0.2) is 47.4 Å². The fourth-order valence-electron chi connectivity index (χ4n) is 2.09. The van der Waals surface area contributed by atoms with Crippen molar-refractivity contribution in [3.8, 4) is 0 Å². The number of carbonyl (C=O) groups excluding carboxylic acids is 3. The zero-order chi connectivity index (χ0) is 18.4. The van der Waals surface area contributed by atoms with E-state index in [0.29, 0.717) is 11.4 Å². The van der Waals surface area contributed by atoms with E-state index in [1.165, 1.54) is 37.7 Å². The maximum Gasteiger partial charge on any atom is 0.221 e. The Morgan fingerprint density at radius 3 is 2.04 bits per heavy atom. The molecule has 0 fully saturated rings. The van der Waals surface area contributed by atoms with Gasteiger partial charge in [0.25, 0.3) is 0 Å². The van der Waals surface area contributed by atoms with Gasteiger partial charge in [-0.1, -0.05) is 0 Å². The number of thioether (sulfide) groups is 1. The Bertz CT molecular complexity index is 806. The molecule has 2 rings (SSSR count). The van der Waals surface area contributed by atoms with E-state index in [2.05, 4.69) is 10.6 Å². The van der Waals surface area contributed by atoms with Crippen LogP contribution in [0.3, 0.4) is 0 Å². The van der Waals surface area contributed by atoms with Gasteiger partial charge in [0, 0.05) is 30.1 Å². The van der Waals surface area contributed by atoms with Crippen LogP contribution in [0, 0.1) is 5.82 Å². The zero-order valence-corrected chi connectivity index (χ0v) is 14.6. The molecule has 0 bridgehead atoms. The summed E-state index contributed by atoms with van der Waals surface area (Å²) in [5.74, 6) is -1.40. The van der Waals surface area contributed by atoms with Crippen LogP contribution in [0.5, 0.6) is 0 Å². The lowest BCUT2D eigenvalue weighted by Gasteiger charge is -2.07. The Labute approximate surface area is 149 Å². The standard InChI is InChI=1S/C18H17FN2O3S/c1-11(22)20-13-3-6-15(7-4-13)25-10-18(24)16-8-5-14(9-17(16)19)21-12(2)23/h3-9H,10H2,1-2H3,(H,20,22)(H,21,23). The van der Waals surface area contributed by atoms with Crippen molar-refractivity contribution in [3.05, 3.63) is 53.8 Å². The second-order valence-electron chi connectivity index (χ2n) is 5.29. The van der Waals surface area contributed by atoms with Gasteiger partial charge in [0.05, 0.1) is 11.3 Å². The van der Waals surface area contributed by atoms with Crippen LogP contribution in [0.4, 0.5) is 15.8 Å². The lowest BCUT2D eigenvalue weighted by Crippen LogP contribution is -2.09. The highest BCUT2D eigenvalue weighted by Gasteiger charge is 2.13. The van der Waals surface area contributed by atoms with E-state index in [-0.39, 0.29) is 28.9 Å². The molecule has 2 aromatic rings. The molecule has 0 saturated carbocycles. The Balaban J connectivity index is 1.98. The van der Waals surface area contributed by atoms with Crippen LogP contribution in [0.2, 0.25) is 0 Å². The van der Waals surface area contributed by atoms with E-state index in [0.717, 1.165) is 11.0 Å². The molecule has 0 heterocycles.